The second-order valence-electron chi connectivity index (χ2n) is 2.53. The van der Waals surface area contributed by atoms with Crippen LogP contribution in [0.4, 0.5) is 0 Å². The van der Waals surface area contributed by atoms with Crippen LogP contribution in [0.15, 0.2) is 36.2 Å². The molecular weight excluding hydrogens is 139 g/mol. The molecule has 2 heterocycles. The summed E-state index contributed by atoms with van der Waals surface area (Å²) in [7, 11) is 0.144. The van der Waals surface area contributed by atoms with Crippen LogP contribution in [-0.4, -0.2) is 11.8 Å². The lowest BCUT2D eigenvalue weighted by molar-refractivity contribution is 1.25. The molecule has 0 aromatic carbocycles. The van der Waals surface area contributed by atoms with Gasteiger partial charge in [0.15, 0.2) is 0 Å². The molecule has 1 heteroatoms. The molecule has 2 aliphatic heterocycles. The first kappa shape index (κ1) is 6.37. The largest absolute Gasteiger partial charge is 0.0836 e. The third-order valence-corrected chi connectivity index (χ3v) is 4.14. The predicted molar refractivity (Wildman–Crippen MR) is 47.3 cm³/mol. The molecule has 2 unspecified atom stereocenters. The third kappa shape index (κ3) is 1.09. The summed E-state index contributed by atoms with van der Waals surface area (Å²) in [6, 6.07) is 0. The normalized spacial score (nSPS) is 36.0. The maximum atomic E-state index is 2.36. The molecule has 0 N–H and O–H groups in total. The molecule has 2 rings (SSSR count). The van der Waals surface area contributed by atoms with E-state index in [0.29, 0.717) is 0 Å². The molecule has 2 atom stereocenters. The minimum atomic E-state index is 0.144. The van der Waals surface area contributed by atoms with Gasteiger partial charge in [-0.05, 0) is 12.6 Å². The standard InChI is InChI=1S/C9H10P/c1-3-7-10-8-4-2-6-9(10)5-1/h1-7,9H,8H2. The van der Waals surface area contributed by atoms with Crippen molar-refractivity contribution in [3.05, 3.63) is 42.6 Å². The molecule has 10 heavy (non-hydrogen) atoms. The van der Waals surface area contributed by atoms with Gasteiger partial charge in [0.2, 0.25) is 0 Å². The topological polar surface area (TPSA) is 0 Å². The average Bonchev–Trinajstić information content (AvgIpc) is 2.05. The maximum Gasteiger partial charge on any atom is 0.00796 e. The molecule has 2 aliphatic rings. The minimum absolute atomic E-state index is 0.144. The second-order valence-corrected chi connectivity index (χ2v) is 4.82. The summed E-state index contributed by atoms with van der Waals surface area (Å²) >= 11 is 0. The van der Waals surface area contributed by atoms with Crippen LogP contribution in [0.25, 0.3) is 0 Å². The van der Waals surface area contributed by atoms with Crippen LogP contribution in [0, 0.1) is 6.42 Å². The molecule has 0 aliphatic carbocycles. The van der Waals surface area contributed by atoms with E-state index < -0.39 is 0 Å². The molecule has 0 fully saturated rings. The fourth-order valence-corrected chi connectivity index (χ4v) is 3.17. The van der Waals surface area contributed by atoms with Crippen LogP contribution >= 0.6 is 7.92 Å². The summed E-state index contributed by atoms with van der Waals surface area (Å²) < 4.78 is 0. The average molecular weight is 149 g/mol. The fourth-order valence-electron chi connectivity index (χ4n) is 1.28. The lowest BCUT2D eigenvalue weighted by Crippen LogP contribution is -2.07. The second kappa shape index (κ2) is 2.72. The zero-order valence-electron chi connectivity index (χ0n) is 5.77. The number of hydrogen-bond donors (Lipinski definition) is 0. The van der Waals surface area contributed by atoms with Crippen LogP contribution in [0.5, 0.6) is 0 Å². The first-order valence-electron chi connectivity index (χ1n) is 3.57. The van der Waals surface area contributed by atoms with Gasteiger partial charge in [-0.25, -0.2) is 0 Å². The van der Waals surface area contributed by atoms with E-state index in [1.165, 1.54) is 6.16 Å². The highest BCUT2D eigenvalue weighted by Crippen LogP contribution is 2.48. The molecule has 0 aromatic heterocycles. The summed E-state index contributed by atoms with van der Waals surface area (Å²) in [4.78, 5) is 0. The van der Waals surface area contributed by atoms with Gasteiger partial charge in [-0.1, -0.05) is 44.1 Å². The Hall–Kier alpha value is -0.350. The first-order chi connectivity index (χ1) is 4.97. The zero-order valence-corrected chi connectivity index (χ0v) is 6.67. The molecule has 0 bridgehead atoms. The van der Waals surface area contributed by atoms with E-state index in [1.54, 1.807) is 0 Å². The van der Waals surface area contributed by atoms with Gasteiger partial charge < -0.3 is 0 Å². The SMILES string of the molecule is [CH]1C=CCP2C=CC=CC12. The Bertz CT molecular complexity index is 179. The highest BCUT2D eigenvalue weighted by Gasteiger charge is 2.17. The maximum absolute atomic E-state index is 2.36. The van der Waals surface area contributed by atoms with Gasteiger partial charge in [0.05, 0.1) is 0 Å². The van der Waals surface area contributed by atoms with Gasteiger partial charge in [-0.15, -0.1) is 0 Å². The van der Waals surface area contributed by atoms with E-state index in [0.717, 1.165) is 5.66 Å². The van der Waals surface area contributed by atoms with Crippen LogP contribution in [0.3, 0.4) is 0 Å². The van der Waals surface area contributed by atoms with Crippen molar-refractivity contribution in [3.63, 3.8) is 0 Å². The third-order valence-electron chi connectivity index (χ3n) is 1.84. The number of rotatable bonds is 0. The Kier molecular flexibility index (Phi) is 1.73. The van der Waals surface area contributed by atoms with Gasteiger partial charge in [0.1, 0.15) is 0 Å². The zero-order chi connectivity index (χ0) is 6.81. The van der Waals surface area contributed by atoms with Gasteiger partial charge in [0, 0.05) is 5.66 Å². The lowest BCUT2D eigenvalue weighted by Gasteiger charge is -2.25. The summed E-state index contributed by atoms with van der Waals surface area (Å²) in [6.07, 6.45) is 14.7. The van der Waals surface area contributed by atoms with Crippen LogP contribution in [-0.2, 0) is 0 Å². The highest BCUT2D eigenvalue weighted by atomic mass is 31.1. The molecule has 0 spiro atoms. The minimum Gasteiger partial charge on any atom is -0.0836 e. The Morgan fingerprint density at radius 3 is 3.10 bits per heavy atom. The Morgan fingerprint density at radius 2 is 2.20 bits per heavy atom. The van der Waals surface area contributed by atoms with Crippen molar-refractivity contribution in [2.24, 2.45) is 0 Å². The van der Waals surface area contributed by atoms with Crippen molar-refractivity contribution < 1.29 is 0 Å². The van der Waals surface area contributed by atoms with Gasteiger partial charge in [-0.3, -0.25) is 0 Å². The number of allylic oxidation sites excluding steroid dienone is 5. The fraction of sp³-hybridized carbons (Fsp3) is 0.222. The van der Waals surface area contributed by atoms with Crippen molar-refractivity contribution >= 4 is 7.92 Å². The predicted octanol–water partition coefficient (Wildman–Crippen LogP) is 2.69. The van der Waals surface area contributed by atoms with Crippen molar-refractivity contribution in [3.8, 4) is 0 Å². The molecule has 1 radical (unpaired) electrons. The molecule has 0 nitrogen and oxygen atoms in total. The monoisotopic (exact) mass is 149 g/mol. The van der Waals surface area contributed by atoms with E-state index in [2.05, 4.69) is 42.6 Å². The van der Waals surface area contributed by atoms with E-state index in [4.69, 9.17) is 0 Å². The van der Waals surface area contributed by atoms with Crippen LogP contribution in [0.1, 0.15) is 0 Å². The van der Waals surface area contributed by atoms with Crippen molar-refractivity contribution in [1.82, 2.24) is 0 Å². The Morgan fingerprint density at radius 1 is 1.20 bits per heavy atom. The van der Waals surface area contributed by atoms with Gasteiger partial charge in [0.25, 0.3) is 0 Å². The van der Waals surface area contributed by atoms with E-state index >= 15 is 0 Å². The van der Waals surface area contributed by atoms with Gasteiger partial charge >= 0.3 is 0 Å². The van der Waals surface area contributed by atoms with Gasteiger partial charge in [-0.2, -0.15) is 0 Å². The summed E-state index contributed by atoms with van der Waals surface area (Å²) in [5.41, 5.74) is 0.741. The lowest BCUT2D eigenvalue weighted by atomic mass is 10.2. The van der Waals surface area contributed by atoms with E-state index in [9.17, 15) is 0 Å². The smallest absolute Gasteiger partial charge is 0.00796 e. The number of hydrogen-bond acceptors (Lipinski definition) is 0. The highest BCUT2D eigenvalue weighted by molar-refractivity contribution is 7.62. The molecule has 0 saturated carbocycles. The Balaban J connectivity index is 2.19. The molecule has 0 aromatic rings. The van der Waals surface area contributed by atoms with Crippen LogP contribution < -0.4 is 0 Å². The quantitative estimate of drug-likeness (QED) is 0.464. The van der Waals surface area contributed by atoms with Crippen LogP contribution in [0.2, 0.25) is 0 Å². The molecule has 51 valence electrons. The number of fused-ring (bicyclic) bond motifs is 1. The van der Waals surface area contributed by atoms with E-state index in [1.807, 2.05) is 0 Å². The summed E-state index contributed by atoms with van der Waals surface area (Å²) in [5, 5.41) is 0. The van der Waals surface area contributed by atoms with E-state index in [-0.39, 0.29) is 7.92 Å². The molecular formula is C9H10P. The summed E-state index contributed by atoms with van der Waals surface area (Å²) in [6.45, 7) is 0. The van der Waals surface area contributed by atoms with Crippen molar-refractivity contribution in [2.75, 3.05) is 6.16 Å². The molecule has 0 saturated heterocycles. The summed E-state index contributed by atoms with van der Waals surface area (Å²) in [5.74, 6) is 2.36. The van der Waals surface area contributed by atoms with Crippen molar-refractivity contribution in [1.29, 1.82) is 0 Å². The van der Waals surface area contributed by atoms with Crippen molar-refractivity contribution in [2.45, 2.75) is 5.66 Å². The molecule has 0 amide bonds. The first-order valence-corrected chi connectivity index (χ1v) is 5.24. The Labute approximate surface area is 63.1 Å².